The summed E-state index contributed by atoms with van der Waals surface area (Å²) in [6, 6.07) is 14.4. The number of hydrogen-bond donors (Lipinski definition) is 0. The quantitative estimate of drug-likeness (QED) is 0.149. The van der Waals surface area contributed by atoms with Crippen LogP contribution >= 0.6 is 7.81 Å². The molecule has 2 heterocycles. The fraction of sp³-hybridized carbons (Fsp3) is 0.0556. The molecular formula is C18H11F9NP. The first-order valence-electron chi connectivity index (χ1n) is 7.64. The van der Waals surface area contributed by atoms with E-state index in [0.29, 0.717) is 5.56 Å². The molecule has 0 radical (unpaired) electrons. The van der Waals surface area contributed by atoms with E-state index in [0.717, 1.165) is 23.2 Å². The number of nitrogens with zero attached hydrogens (tertiary/aromatic N) is 1. The number of rotatable bonds is 0. The van der Waals surface area contributed by atoms with Gasteiger partial charge in [0.2, 0.25) is 5.52 Å². The number of pyridine rings is 2. The van der Waals surface area contributed by atoms with Crippen molar-refractivity contribution in [1.29, 1.82) is 0 Å². The molecule has 0 aliphatic rings. The third kappa shape index (κ3) is 8.83. The first kappa shape index (κ1) is 22.5. The van der Waals surface area contributed by atoms with Crippen molar-refractivity contribution in [2.45, 2.75) is 6.18 Å². The van der Waals surface area contributed by atoms with Gasteiger partial charge >= 0.3 is 39.2 Å². The summed E-state index contributed by atoms with van der Waals surface area (Å²) in [5.74, 6) is 5.91. The molecule has 0 aliphatic carbocycles. The van der Waals surface area contributed by atoms with Gasteiger partial charge in [-0.2, -0.15) is 17.6 Å². The third-order valence-electron chi connectivity index (χ3n) is 3.23. The number of aromatic nitrogens is 1. The molecule has 0 spiro atoms. The van der Waals surface area contributed by atoms with Crippen molar-refractivity contribution in [3.05, 3.63) is 83.7 Å². The van der Waals surface area contributed by atoms with Crippen molar-refractivity contribution < 1.29 is 42.8 Å². The standard InChI is InChI=1S/C18H11F3N.F6P/c19-18(20,21)16-10-7-14(8-11-16)6-9-15-4-3-13-22-12-2-1-5-17(15)22;1-7(2,3,4,5)6/h1-5,7-8,10-13H;/q+1;-1. The van der Waals surface area contributed by atoms with Crippen LogP contribution in [0.15, 0.2) is 67.0 Å². The molecule has 2 aromatic heterocycles. The first-order valence-corrected chi connectivity index (χ1v) is 9.66. The van der Waals surface area contributed by atoms with E-state index in [-0.39, 0.29) is 0 Å². The van der Waals surface area contributed by atoms with Crippen LogP contribution in [0.3, 0.4) is 0 Å². The van der Waals surface area contributed by atoms with Gasteiger partial charge in [0.05, 0.1) is 11.1 Å². The van der Waals surface area contributed by atoms with Crippen LogP contribution < -0.4 is 4.40 Å². The summed E-state index contributed by atoms with van der Waals surface area (Å²) < 4.78 is 98.7. The number of fused-ring (bicyclic) bond motifs is 1. The number of hydrogen-bond acceptors (Lipinski definition) is 0. The van der Waals surface area contributed by atoms with Crippen molar-refractivity contribution >= 4 is 13.3 Å². The SMILES string of the molecule is FC(F)(F)c1ccc(C#Cc2ccc[n+]3ccccc23)cc1.F[P-](F)(F)(F)(F)F. The predicted molar refractivity (Wildman–Crippen MR) is 90.6 cm³/mol. The summed E-state index contributed by atoms with van der Waals surface area (Å²) in [6.07, 6.45) is -0.491. The molecule has 1 aromatic carbocycles. The Hall–Kier alpha value is -2.79. The summed E-state index contributed by atoms with van der Waals surface area (Å²) in [5.41, 5.74) is 1.65. The number of halogens is 9. The van der Waals surface area contributed by atoms with Gasteiger partial charge in [-0.3, -0.25) is 0 Å². The van der Waals surface area contributed by atoms with Crippen LogP contribution in [-0.4, -0.2) is 0 Å². The van der Waals surface area contributed by atoms with Crippen molar-refractivity contribution in [1.82, 2.24) is 0 Å². The van der Waals surface area contributed by atoms with Gasteiger partial charge in [-0.1, -0.05) is 11.8 Å². The Morgan fingerprint density at radius 1 is 0.690 bits per heavy atom. The molecule has 29 heavy (non-hydrogen) atoms. The van der Waals surface area contributed by atoms with Crippen LogP contribution in [0, 0.1) is 11.8 Å². The summed E-state index contributed by atoms with van der Waals surface area (Å²) in [6.45, 7) is 0. The van der Waals surface area contributed by atoms with Crippen LogP contribution in [0.5, 0.6) is 0 Å². The van der Waals surface area contributed by atoms with E-state index >= 15 is 0 Å². The van der Waals surface area contributed by atoms with Gasteiger partial charge in [-0.15, -0.1) is 0 Å². The number of benzene rings is 1. The van der Waals surface area contributed by atoms with Gasteiger partial charge in [0.15, 0.2) is 12.4 Å². The topological polar surface area (TPSA) is 4.10 Å². The van der Waals surface area contributed by atoms with E-state index in [2.05, 4.69) is 11.8 Å². The molecule has 0 bridgehead atoms. The zero-order valence-electron chi connectivity index (χ0n) is 14.1. The molecule has 0 atom stereocenters. The monoisotopic (exact) mass is 443 g/mol. The fourth-order valence-electron chi connectivity index (χ4n) is 2.12. The van der Waals surface area contributed by atoms with Crippen molar-refractivity contribution in [2.24, 2.45) is 0 Å². The fourth-order valence-corrected chi connectivity index (χ4v) is 2.12. The second-order valence-electron chi connectivity index (χ2n) is 5.70. The molecule has 3 rings (SSSR count). The van der Waals surface area contributed by atoms with E-state index in [1.54, 1.807) is 0 Å². The van der Waals surface area contributed by atoms with Crippen LogP contribution in [-0.2, 0) is 6.18 Å². The summed E-state index contributed by atoms with van der Waals surface area (Å²) in [7, 11) is -10.7. The Morgan fingerprint density at radius 2 is 1.24 bits per heavy atom. The molecule has 0 fully saturated rings. The maximum absolute atomic E-state index is 12.5. The Bertz CT molecular complexity index is 1060. The van der Waals surface area contributed by atoms with Crippen molar-refractivity contribution in [2.75, 3.05) is 0 Å². The molecule has 1 nitrogen and oxygen atoms in total. The number of alkyl halides is 3. The Kier molecular flexibility index (Phi) is 5.37. The first-order chi connectivity index (χ1) is 13.0. The van der Waals surface area contributed by atoms with Crippen molar-refractivity contribution in [3.8, 4) is 11.8 Å². The van der Waals surface area contributed by atoms with Crippen LogP contribution in [0.1, 0.15) is 16.7 Å². The minimum absolute atomic E-state index is 0.547. The second-order valence-corrected chi connectivity index (χ2v) is 7.62. The molecule has 156 valence electrons. The molecule has 0 saturated carbocycles. The molecule has 3 aromatic rings. The van der Waals surface area contributed by atoms with E-state index in [4.69, 9.17) is 0 Å². The minimum atomic E-state index is -10.7. The van der Waals surface area contributed by atoms with E-state index < -0.39 is 19.5 Å². The van der Waals surface area contributed by atoms with Crippen molar-refractivity contribution in [3.63, 3.8) is 0 Å². The van der Waals surface area contributed by atoms with Crippen LogP contribution in [0.25, 0.3) is 5.52 Å². The Morgan fingerprint density at radius 3 is 1.79 bits per heavy atom. The summed E-state index contributed by atoms with van der Waals surface area (Å²) in [4.78, 5) is 0. The average molecular weight is 443 g/mol. The Labute approximate surface area is 158 Å². The van der Waals surface area contributed by atoms with E-state index in [1.165, 1.54) is 12.1 Å². The molecule has 0 unspecified atom stereocenters. The van der Waals surface area contributed by atoms with Crippen LogP contribution in [0.2, 0.25) is 0 Å². The van der Waals surface area contributed by atoms with Gasteiger partial charge in [0.1, 0.15) is 0 Å². The summed E-state index contributed by atoms with van der Waals surface area (Å²) >= 11 is 0. The van der Waals surface area contributed by atoms with Gasteiger partial charge in [-0.05, 0) is 36.4 Å². The zero-order chi connectivity index (χ0) is 22.0. The average Bonchev–Trinajstić information content (AvgIpc) is 2.57. The van der Waals surface area contributed by atoms with E-state index in [1.807, 2.05) is 47.1 Å². The maximum atomic E-state index is 12.5. The molecule has 0 N–H and O–H groups in total. The van der Waals surface area contributed by atoms with E-state index in [9.17, 15) is 38.4 Å². The molecule has 0 saturated heterocycles. The van der Waals surface area contributed by atoms with Crippen LogP contribution in [0.4, 0.5) is 38.4 Å². The molecular weight excluding hydrogens is 432 g/mol. The normalized spacial score (nSPS) is 14.0. The molecule has 11 heteroatoms. The molecule has 0 aliphatic heterocycles. The zero-order valence-corrected chi connectivity index (χ0v) is 15.0. The summed E-state index contributed by atoms with van der Waals surface area (Å²) in [5, 5.41) is 0. The van der Waals surface area contributed by atoms with Gasteiger partial charge in [0, 0.05) is 23.8 Å². The van der Waals surface area contributed by atoms with Gasteiger partial charge in [0.25, 0.3) is 0 Å². The predicted octanol–water partition coefficient (Wildman–Crippen LogP) is 7.23. The third-order valence-corrected chi connectivity index (χ3v) is 3.23. The second kappa shape index (κ2) is 6.92. The molecule has 0 amide bonds. The Balaban J connectivity index is 0.000000370. The van der Waals surface area contributed by atoms with Gasteiger partial charge < -0.3 is 0 Å². The van der Waals surface area contributed by atoms with Gasteiger partial charge in [-0.25, -0.2) is 0 Å².